The molecule has 2 aliphatic rings. The van der Waals surface area contributed by atoms with Crippen LogP contribution < -0.4 is 4.90 Å². The van der Waals surface area contributed by atoms with Gasteiger partial charge >= 0.3 is 0 Å². The van der Waals surface area contributed by atoms with E-state index in [4.69, 9.17) is 0 Å². The first-order chi connectivity index (χ1) is 14.9. The number of carbonyl (C=O) groups excluding carboxylic acids is 2. The first-order valence-corrected chi connectivity index (χ1v) is 12.6. The summed E-state index contributed by atoms with van der Waals surface area (Å²) in [6.07, 6.45) is 1.41. The van der Waals surface area contributed by atoms with Gasteiger partial charge in [0, 0.05) is 31.2 Å². The zero-order valence-electron chi connectivity index (χ0n) is 17.7. The molecule has 164 valence electrons. The fourth-order valence-corrected chi connectivity index (χ4v) is 6.33. The zero-order chi connectivity index (χ0) is 22.0. The van der Waals surface area contributed by atoms with Crippen molar-refractivity contribution in [2.24, 2.45) is 5.92 Å². The van der Waals surface area contributed by atoms with Crippen LogP contribution in [0.15, 0.2) is 54.6 Å². The molecular formula is C24H28N2O4S. The number of benzene rings is 2. The summed E-state index contributed by atoms with van der Waals surface area (Å²) in [4.78, 5) is 29.8. The van der Waals surface area contributed by atoms with Gasteiger partial charge in [-0.15, -0.1) is 0 Å². The summed E-state index contributed by atoms with van der Waals surface area (Å²) in [6, 6.07) is 17.0. The summed E-state index contributed by atoms with van der Waals surface area (Å²) in [5.74, 6) is -0.553. The lowest BCUT2D eigenvalue weighted by molar-refractivity contribution is -0.138. The lowest BCUT2D eigenvalue weighted by atomic mass is 10.0. The summed E-state index contributed by atoms with van der Waals surface area (Å²) in [7, 11) is -3.13. The number of amides is 2. The molecule has 2 fully saturated rings. The number of para-hydroxylation sites is 1. The molecule has 2 heterocycles. The van der Waals surface area contributed by atoms with Crippen molar-refractivity contribution < 1.29 is 18.0 Å². The fourth-order valence-electron chi connectivity index (χ4n) is 4.60. The van der Waals surface area contributed by atoms with Gasteiger partial charge in [-0.2, -0.15) is 0 Å². The number of nitrogens with zero attached hydrogens (tertiary/aromatic N) is 2. The molecular weight excluding hydrogens is 412 g/mol. The molecule has 2 aliphatic heterocycles. The van der Waals surface area contributed by atoms with Crippen molar-refractivity contribution in [3.05, 3.63) is 65.7 Å². The number of hydrogen-bond donors (Lipinski definition) is 0. The molecule has 2 atom stereocenters. The minimum absolute atomic E-state index is 0.00533. The van der Waals surface area contributed by atoms with Crippen molar-refractivity contribution >= 4 is 27.3 Å². The monoisotopic (exact) mass is 440 g/mol. The smallest absolute Gasteiger partial charge is 0.228 e. The Morgan fingerprint density at radius 1 is 1.10 bits per heavy atom. The van der Waals surface area contributed by atoms with Crippen LogP contribution in [0.5, 0.6) is 0 Å². The highest BCUT2D eigenvalue weighted by atomic mass is 32.2. The highest BCUT2D eigenvalue weighted by Gasteiger charge is 2.41. The molecule has 0 unspecified atom stereocenters. The van der Waals surface area contributed by atoms with Gasteiger partial charge in [-0.1, -0.05) is 55.5 Å². The molecule has 0 saturated carbocycles. The van der Waals surface area contributed by atoms with Crippen LogP contribution in [0.4, 0.5) is 5.69 Å². The number of sulfone groups is 1. The average molecular weight is 441 g/mol. The van der Waals surface area contributed by atoms with Gasteiger partial charge < -0.3 is 9.80 Å². The highest BCUT2D eigenvalue weighted by Crippen LogP contribution is 2.31. The molecule has 0 spiro atoms. The molecule has 4 rings (SSSR count). The molecule has 2 saturated heterocycles. The molecule has 0 N–H and O–H groups in total. The van der Waals surface area contributed by atoms with Gasteiger partial charge in [-0.3, -0.25) is 9.59 Å². The van der Waals surface area contributed by atoms with E-state index in [2.05, 4.69) is 0 Å². The number of hydrogen-bond acceptors (Lipinski definition) is 4. The molecule has 0 aromatic heterocycles. The second-order valence-corrected chi connectivity index (χ2v) is 10.6. The molecule has 2 aromatic rings. The minimum atomic E-state index is -3.13. The van der Waals surface area contributed by atoms with Crippen LogP contribution in [-0.2, 0) is 32.4 Å². The van der Waals surface area contributed by atoms with Crippen molar-refractivity contribution in [1.29, 1.82) is 0 Å². The van der Waals surface area contributed by atoms with Crippen LogP contribution in [0.1, 0.15) is 30.9 Å². The van der Waals surface area contributed by atoms with Gasteiger partial charge in [0.25, 0.3) is 0 Å². The van der Waals surface area contributed by atoms with E-state index in [1.807, 2.05) is 61.5 Å². The number of carbonyl (C=O) groups is 2. The quantitative estimate of drug-likeness (QED) is 0.692. The van der Waals surface area contributed by atoms with E-state index in [-0.39, 0.29) is 35.8 Å². The van der Waals surface area contributed by atoms with E-state index in [1.54, 1.807) is 9.80 Å². The number of rotatable bonds is 6. The summed E-state index contributed by atoms with van der Waals surface area (Å²) < 4.78 is 24.2. The Bertz CT molecular complexity index is 1070. The molecule has 6 nitrogen and oxygen atoms in total. The minimum Gasteiger partial charge on any atom is -0.334 e. The second-order valence-electron chi connectivity index (χ2n) is 8.40. The molecule has 0 aliphatic carbocycles. The topological polar surface area (TPSA) is 74.8 Å². The third-order valence-electron chi connectivity index (χ3n) is 6.27. The maximum Gasteiger partial charge on any atom is 0.228 e. The first kappa shape index (κ1) is 21.6. The van der Waals surface area contributed by atoms with Gasteiger partial charge in [-0.05, 0) is 30.0 Å². The van der Waals surface area contributed by atoms with Crippen LogP contribution in [0.3, 0.4) is 0 Å². The van der Waals surface area contributed by atoms with Gasteiger partial charge in [-0.25, -0.2) is 8.42 Å². The Morgan fingerprint density at radius 3 is 2.48 bits per heavy atom. The van der Waals surface area contributed by atoms with Gasteiger partial charge in [0.05, 0.1) is 17.4 Å². The third kappa shape index (κ3) is 4.66. The van der Waals surface area contributed by atoms with Gasteiger partial charge in [0.2, 0.25) is 11.8 Å². The molecule has 0 radical (unpaired) electrons. The van der Waals surface area contributed by atoms with Gasteiger partial charge in [0.1, 0.15) is 0 Å². The molecule has 7 heteroatoms. The van der Waals surface area contributed by atoms with Crippen molar-refractivity contribution in [1.82, 2.24) is 4.90 Å². The van der Waals surface area contributed by atoms with E-state index in [0.29, 0.717) is 19.5 Å². The molecule has 2 amide bonds. The highest BCUT2D eigenvalue weighted by molar-refractivity contribution is 7.91. The first-order valence-electron chi connectivity index (χ1n) is 10.8. The van der Waals surface area contributed by atoms with E-state index >= 15 is 0 Å². The second kappa shape index (κ2) is 8.83. The number of anilines is 1. The zero-order valence-corrected chi connectivity index (χ0v) is 18.6. The Hall–Kier alpha value is -2.67. The lowest BCUT2D eigenvalue weighted by Gasteiger charge is -2.31. The number of aryl methyl sites for hydroxylation is 1. The third-order valence-corrected chi connectivity index (χ3v) is 8.02. The van der Waals surface area contributed by atoms with Crippen molar-refractivity contribution in [3.8, 4) is 0 Å². The Balaban J connectivity index is 1.57. The Labute approximate surface area is 183 Å². The molecule has 31 heavy (non-hydrogen) atoms. The van der Waals surface area contributed by atoms with Crippen LogP contribution in [0.25, 0.3) is 0 Å². The van der Waals surface area contributed by atoms with Crippen molar-refractivity contribution in [3.63, 3.8) is 0 Å². The van der Waals surface area contributed by atoms with Gasteiger partial charge in [0.15, 0.2) is 9.84 Å². The molecule has 2 aromatic carbocycles. The van der Waals surface area contributed by atoms with Crippen LogP contribution >= 0.6 is 0 Å². The van der Waals surface area contributed by atoms with Crippen LogP contribution in [0.2, 0.25) is 0 Å². The van der Waals surface area contributed by atoms with Crippen molar-refractivity contribution in [2.45, 2.75) is 38.8 Å². The van der Waals surface area contributed by atoms with E-state index in [9.17, 15) is 18.0 Å². The maximum atomic E-state index is 13.6. The van der Waals surface area contributed by atoms with E-state index < -0.39 is 15.8 Å². The summed E-state index contributed by atoms with van der Waals surface area (Å²) >= 11 is 0. The Morgan fingerprint density at radius 2 is 1.81 bits per heavy atom. The maximum absolute atomic E-state index is 13.6. The van der Waals surface area contributed by atoms with E-state index in [0.717, 1.165) is 23.2 Å². The van der Waals surface area contributed by atoms with Crippen LogP contribution in [-0.4, -0.2) is 49.2 Å². The average Bonchev–Trinajstić information content (AvgIpc) is 3.34. The largest absolute Gasteiger partial charge is 0.334 e. The molecule has 0 bridgehead atoms. The SMILES string of the molecule is CCc1ccccc1N1C[C@@H](C(=O)N(Cc2ccccc2)[C@H]2CCS(=O)(=O)C2)CC1=O. The van der Waals surface area contributed by atoms with Crippen molar-refractivity contribution in [2.75, 3.05) is 23.0 Å². The predicted molar refractivity (Wildman–Crippen MR) is 120 cm³/mol. The summed E-state index contributed by atoms with van der Waals surface area (Å²) in [6.45, 7) is 2.74. The Kier molecular flexibility index (Phi) is 6.14. The fraction of sp³-hybridized carbons (Fsp3) is 0.417. The van der Waals surface area contributed by atoms with Crippen LogP contribution in [0, 0.1) is 5.92 Å². The predicted octanol–water partition coefficient (Wildman–Crippen LogP) is 2.82. The summed E-state index contributed by atoms with van der Waals surface area (Å²) in [5.41, 5.74) is 2.90. The normalized spacial score (nSPS) is 22.6. The van der Waals surface area contributed by atoms with E-state index in [1.165, 1.54) is 0 Å². The lowest BCUT2D eigenvalue weighted by Crippen LogP contribution is -2.44. The standard InChI is InChI=1S/C24H28N2O4S/c1-2-19-10-6-7-11-22(19)26-16-20(14-23(26)27)24(28)25(15-18-8-4-3-5-9-18)21-12-13-31(29,30)17-21/h3-11,20-21H,2,12-17H2,1H3/t20-,21-/m0/s1. The summed E-state index contributed by atoms with van der Waals surface area (Å²) in [5, 5.41) is 0.